The Morgan fingerprint density at radius 3 is 2.10 bits per heavy atom. The third-order valence-electron chi connectivity index (χ3n) is 5.14. The van der Waals surface area contributed by atoms with Crippen LogP contribution in [-0.4, -0.2) is 67.2 Å². The molecular weight excluding hydrogens is 505 g/mol. The monoisotopic (exact) mass is 535 g/mol. The third kappa shape index (κ3) is 10.6. The van der Waals surface area contributed by atoms with Crippen LogP contribution in [0.1, 0.15) is 15.9 Å². The van der Waals surface area contributed by atoms with Crippen molar-refractivity contribution in [2.45, 2.75) is 0 Å². The molecule has 0 saturated heterocycles. The summed E-state index contributed by atoms with van der Waals surface area (Å²) in [6, 6.07) is 20.0. The van der Waals surface area contributed by atoms with Gasteiger partial charge in [-0.05, 0) is 61.6 Å². The summed E-state index contributed by atoms with van der Waals surface area (Å²) in [4.78, 5) is 33.7. The van der Waals surface area contributed by atoms with E-state index in [-0.39, 0.29) is 5.56 Å². The quantitative estimate of drug-likeness (QED) is 0.259. The molecule has 3 aromatic rings. The number of rotatable bonds is 11. The van der Waals surface area contributed by atoms with Crippen molar-refractivity contribution in [1.29, 1.82) is 0 Å². The lowest BCUT2D eigenvalue weighted by Crippen LogP contribution is -2.19. The van der Waals surface area contributed by atoms with Gasteiger partial charge in [-0.2, -0.15) is 0 Å². The molecule has 0 bridgehead atoms. The predicted molar refractivity (Wildman–Crippen MR) is 147 cm³/mol. The number of benzene rings is 3. The Hall–Kier alpha value is -4.76. The number of carboxylic acid groups (broad SMARTS) is 2. The maximum absolute atomic E-state index is 14.3. The maximum atomic E-state index is 14.3. The van der Waals surface area contributed by atoms with Crippen LogP contribution in [0, 0.1) is 5.82 Å². The first kappa shape index (κ1) is 30.5. The number of likely N-dealkylation sites (N-methyl/N-ethyl adjacent to an activating group) is 1. The Bertz CT molecular complexity index is 1320. The first-order valence-electron chi connectivity index (χ1n) is 11.8. The Morgan fingerprint density at radius 1 is 0.872 bits per heavy atom. The molecule has 0 unspecified atom stereocenters. The van der Waals surface area contributed by atoms with E-state index >= 15 is 0 Å². The highest BCUT2D eigenvalue weighted by atomic mass is 19.1. The predicted octanol–water partition coefficient (Wildman–Crippen LogP) is 5.05. The molecule has 2 N–H and O–H groups in total. The van der Waals surface area contributed by atoms with E-state index in [4.69, 9.17) is 19.7 Å². The van der Waals surface area contributed by atoms with Crippen molar-refractivity contribution < 1.29 is 38.5 Å². The van der Waals surface area contributed by atoms with Gasteiger partial charge in [-0.15, -0.1) is 0 Å². The maximum Gasteiger partial charge on any atom is 0.328 e. The molecule has 39 heavy (non-hydrogen) atoms. The van der Waals surface area contributed by atoms with E-state index in [1.165, 1.54) is 25.3 Å². The number of carbonyl (C=O) groups is 3. The van der Waals surface area contributed by atoms with Crippen LogP contribution in [0.4, 0.5) is 4.39 Å². The van der Waals surface area contributed by atoms with E-state index in [0.29, 0.717) is 30.3 Å². The van der Waals surface area contributed by atoms with Crippen molar-refractivity contribution in [3.05, 3.63) is 102 Å². The molecule has 0 spiro atoms. The lowest BCUT2D eigenvalue weighted by Gasteiger charge is -2.14. The lowest BCUT2D eigenvalue weighted by atomic mass is 10.0. The summed E-state index contributed by atoms with van der Waals surface area (Å²) in [6.07, 6.45) is 4.15. The van der Waals surface area contributed by atoms with Gasteiger partial charge in [0, 0.05) is 30.3 Å². The summed E-state index contributed by atoms with van der Waals surface area (Å²) in [5.74, 6) is -2.52. The summed E-state index contributed by atoms with van der Waals surface area (Å²) >= 11 is 0. The van der Waals surface area contributed by atoms with Gasteiger partial charge in [-0.3, -0.25) is 4.79 Å². The minimum Gasteiger partial charge on any atom is -0.497 e. The fourth-order valence-corrected chi connectivity index (χ4v) is 3.18. The second-order valence-electron chi connectivity index (χ2n) is 8.32. The third-order valence-corrected chi connectivity index (χ3v) is 5.14. The number of ketones is 1. The molecule has 0 aliphatic rings. The van der Waals surface area contributed by atoms with E-state index in [1.54, 1.807) is 12.1 Å². The Balaban J connectivity index is 0.000000580. The average molecular weight is 536 g/mol. The first-order chi connectivity index (χ1) is 18.6. The average Bonchev–Trinajstić information content (AvgIpc) is 2.91. The Kier molecular flexibility index (Phi) is 12.1. The van der Waals surface area contributed by atoms with Crippen LogP contribution < -0.4 is 9.47 Å². The van der Waals surface area contributed by atoms with Gasteiger partial charge >= 0.3 is 11.9 Å². The molecule has 0 radical (unpaired) electrons. The van der Waals surface area contributed by atoms with Gasteiger partial charge in [-0.25, -0.2) is 14.0 Å². The van der Waals surface area contributed by atoms with Crippen molar-refractivity contribution in [3.63, 3.8) is 0 Å². The summed E-state index contributed by atoms with van der Waals surface area (Å²) in [5, 5.41) is 15.6. The van der Waals surface area contributed by atoms with Crippen LogP contribution in [0.2, 0.25) is 0 Å². The van der Waals surface area contributed by atoms with E-state index < -0.39 is 23.5 Å². The fraction of sp³-hybridized carbons (Fsp3) is 0.167. The zero-order valence-electron chi connectivity index (χ0n) is 21.8. The molecule has 3 rings (SSSR count). The van der Waals surface area contributed by atoms with E-state index in [2.05, 4.69) is 0 Å². The number of nitrogens with zero attached hydrogens (tertiary/aromatic N) is 1. The first-order valence-corrected chi connectivity index (χ1v) is 11.8. The van der Waals surface area contributed by atoms with Crippen LogP contribution in [0.25, 0.3) is 17.2 Å². The van der Waals surface area contributed by atoms with Crippen LogP contribution >= 0.6 is 0 Å². The molecule has 204 valence electrons. The van der Waals surface area contributed by atoms with Gasteiger partial charge < -0.3 is 24.6 Å². The van der Waals surface area contributed by atoms with E-state index in [0.717, 1.165) is 23.2 Å². The smallest absolute Gasteiger partial charge is 0.328 e. The molecule has 0 saturated carbocycles. The molecule has 9 heteroatoms. The number of hydrogen-bond acceptors (Lipinski definition) is 6. The van der Waals surface area contributed by atoms with Crippen molar-refractivity contribution in [1.82, 2.24) is 4.90 Å². The Labute approximate surface area is 226 Å². The standard InChI is InChI=1S/C26H26FNO3.C4H4O4/c1-28(2)15-16-31-26-14-10-20(19-7-5-4-6-8-19)17-21(26)9-13-25(29)23-12-11-22(30-3)18-24(23)27;5-3(6)1-2-4(7)8/h4-14,17-18H,15-16H2,1-3H3;1-2H,(H,5,6)(H,7,8)/b13-9+;2-1+. The lowest BCUT2D eigenvalue weighted by molar-refractivity contribution is -0.134. The topological polar surface area (TPSA) is 113 Å². The van der Waals surface area contributed by atoms with Crippen molar-refractivity contribution in [2.75, 3.05) is 34.4 Å². The number of carboxylic acids is 2. The number of hydrogen-bond donors (Lipinski definition) is 2. The van der Waals surface area contributed by atoms with Gasteiger partial charge in [-0.1, -0.05) is 36.4 Å². The summed E-state index contributed by atoms with van der Waals surface area (Å²) in [5.41, 5.74) is 2.81. The second-order valence-corrected chi connectivity index (χ2v) is 8.32. The number of aliphatic carboxylic acids is 2. The normalized spacial score (nSPS) is 10.8. The number of ether oxygens (including phenoxy) is 2. The molecule has 0 atom stereocenters. The molecule has 0 aliphatic heterocycles. The molecule has 8 nitrogen and oxygen atoms in total. The minimum atomic E-state index is -1.26. The van der Waals surface area contributed by atoms with Gasteiger partial charge in [0.05, 0.1) is 12.7 Å². The van der Waals surface area contributed by atoms with E-state index in [1.807, 2.05) is 67.5 Å². The molecular formula is C30H30FNO7. The van der Waals surface area contributed by atoms with Crippen LogP contribution in [0.15, 0.2) is 85.0 Å². The molecule has 0 fully saturated rings. The van der Waals surface area contributed by atoms with Crippen molar-refractivity contribution >= 4 is 23.8 Å². The van der Waals surface area contributed by atoms with Gasteiger partial charge in [0.1, 0.15) is 23.9 Å². The highest BCUT2D eigenvalue weighted by molar-refractivity contribution is 6.07. The van der Waals surface area contributed by atoms with Gasteiger partial charge in [0.15, 0.2) is 5.78 Å². The summed E-state index contributed by atoms with van der Waals surface area (Å²) in [7, 11) is 5.41. The molecule has 0 aliphatic carbocycles. The zero-order chi connectivity index (χ0) is 28.8. The molecule has 0 aromatic heterocycles. The molecule has 0 heterocycles. The van der Waals surface area contributed by atoms with E-state index in [9.17, 15) is 18.8 Å². The van der Waals surface area contributed by atoms with Gasteiger partial charge in [0.2, 0.25) is 0 Å². The SMILES string of the molecule is COc1ccc(C(=O)/C=C/c2cc(-c3ccccc3)ccc2OCCN(C)C)c(F)c1.O=C(O)/C=C/C(=O)O. The van der Waals surface area contributed by atoms with Crippen molar-refractivity contribution in [3.8, 4) is 22.6 Å². The van der Waals surface area contributed by atoms with Gasteiger partial charge in [0.25, 0.3) is 0 Å². The van der Waals surface area contributed by atoms with Crippen LogP contribution in [-0.2, 0) is 9.59 Å². The number of carbonyl (C=O) groups excluding carboxylic acids is 1. The Morgan fingerprint density at radius 2 is 1.54 bits per heavy atom. The fourth-order valence-electron chi connectivity index (χ4n) is 3.18. The summed E-state index contributed by atoms with van der Waals surface area (Å²) in [6.45, 7) is 1.28. The molecule has 0 amide bonds. The number of halogens is 1. The second kappa shape index (κ2) is 15.5. The zero-order valence-corrected chi connectivity index (χ0v) is 21.8. The van der Waals surface area contributed by atoms with Crippen LogP contribution in [0.5, 0.6) is 11.5 Å². The number of methoxy groups -OCH3 is 1. The highest BCUT2D eigenvalue weighted by Crippen LogP contribution is 2.28. The summed E-state index contributed by atoms with van der Waals surface area (Å²) < 4.78 is 25.2. The minimum absolute atomic E-state index is 0.00802. The number of allylic oxidation sites excluding steroid dienone is 1. The largest absolute Gasteiger partial charge is 0.497 e. The molecule has 3 aromatic carbocycles. The highest BCUT2D eigenvalue weighted by Gasteiger charge is 2.11. The van der Waals surface area contributed by atoms with Crippen molar-refractivity contribution in [2.24, 2.45) is 0 Å². The van der Waals surface area contributed by atoms with Crippen LogP contribution in [0.3, 0.4) is 0 Å².